The van der Waals surface area contributed by atoms with Crippen LogP contribution in [-0.2, 0) is 11.0 Å². The van der Waals surface area contributed by atoms with Crippen LogP contribution in [-0.4, -0.2) is 26.2 Å². The van der Waals surface area contributed by atoms with Crippen molar-refractivity contribution >= 4 is 28.9 Å². The predicted molar refractivity (Wildman–Crippen MR) is 107 cm³/mol. The van der Waals surface area contributed by atoms with Crippen LogP contribution in [0.25, 0.3) is 0 Å². The smallest absolute Gasteiger partial charge is 0.416 e. The van der Waals surface area contributed by atoms with Crippen LogP contribution in [0, 0.1) is 5.92 Å². The average Bonchev–Trinajstić information content (AvgIpc) is 2.66. The third kappa shape index (κ3) is 5.69. The molecule has 0 bridgehead atoms. The molecule has 1 amide bonds. The number of halogens is 4. The molecule has 0 aliphatic heterocycles. The van der Waals surface area contributed by atoms with E-state index in [1.54, 1.807) is 32.0 Å². The maximum Gasteiger partial charge on any atom is 0.416 e. The third-order valence-electron chi connectivity index (χ3n) is 4.22. The number of carbonyl (C=O) groups excluding carboxylic acids is 1. The van der Waals surface area contributed by atoms with E-state index < -0.39 is 17.8 Å². The molecule has 0 radical (unpaired) electrons. The Morgan fingerprint density at radius 2 is 1.69 bits per heavy atom. The molecule has 0 saturated heterocycles. The van der Waals surface area contributed by atoms with Crippen LogP contribution in [0.4, 0.5) is 24.5 Å². The molecule has 2 aromatic carbocycles. The van der Waals surface area contributed by atoms with Crippen LogP contribution in [0.2, 0.25) is 5.02 Å². The van der Waals surface area contributed by atoms with Gasteiger partial charge in [-0.3, -0.25) is 4.79 Å². The largest absolute Gasteiger partial charge is 0.497 e. The topological polar surface area (TPSA) is 59.6 Å². The molecule has 5 nitrogen and oxygen atoms in total. The van der Waals surface area contributed by atoms with E-state index in [1.807, 2.05) is 0 Å². The van der Waals surface area contributed by atoms with Crippen molar-refractivity contribution in [3.8, 4) is 11.5 Å². The van der Waals surface area contributed by atoms with Crippen molar-refractivity contribution < 1.29 is 27.4 Å². The minimum atomic E-state index is -4.50. The molecule has 0 heterocycles. The molecule has 2 N–H and O–H groups in total. The zero-order valence-corrected chi connectivity index (χ0v) is 17.1. The molecule has 9 heteroatoms. The molecule has 0 spiro atoms. The Morgan fingerprint density at radius 1 is 1.03 bits per heavy atom. The first-order valence-corrected chi connectivity index (χ1v) is 9.10. The SMILES string of the molecule is COc1ccc(NC(=O)[C@@H](Nc2ccc(C(F)(F)F)cc2Cl)C(C)C)c(OC)c1. The highest BCUT2D eigenvalue weighted by molar-refractivity contribution is 6.33. The normalized spacial score (nSPS) is 12.4. The highest BCUT2D eigenvalue weighted by Crippen LogP contribution is 2.34. The lowest BCUT2D eigenvalue weighted by molar-refractivity contribution is -0.137. The minimum absolute atomic E-state index is 0.125. The summed E-state index contributed by atoms with van der Waals surface area (Å²) in [5, 5.41) is 5.57. The van der Waals surface area contributed by atoms with Gasteiger partial charge in [-0.15, -0.1) is 0 Å². The number of hydrogen-bond donors (Lipinski definition) is 2. The standard InChI is InChI=1S/C20H22ClF3N2O3/c1-11(2)18(25-15-7-5-12(9-14(15)21)20(22,23)24)19(27)26-16-8-6-13(28-3)10-17(16)29-4/h5-11,18,25H,1-4H3,(H,26,27)/t18-/m0/s1. The Hall–Kier alpha value is -2.61. The van der Waals surface area contributed by atoms with Gasteiger partial charge in [-0.1, -0.05) is 25.4 Å². The molecule has 2 rings (SSSR count). The van der Waals surface area contributed by atoms with E-state index in [-0.39, 0.29) is 22.5 Å². The highest BCUT2D eigenvalue weighted by atomic mass is 35.5. The number of carbonyl (C=O) groups is 1. The van der Waals surface area contributed by atoms with Crippen molar-refractivity contribution in [2.45, 2.75) is 26.1 Å². The molecule has 1 atom stereocenters. The highest BCUT2D eigenvalue weighted by Gasteiger charge is 2.31. The van der Waals surface area contributed by atoms with E-state index in [2.05, 4.69) is 10.6 Å². The van der Waals surface area contributed by atoms with Crippen molar-refractivity contribution in [1.29, 1.82) is 0 Å². The fourth-order valence-corrected chi connectivity index (χ4v) is 2.86. The van der Waals surface area contributed by atoms with Gasteiger partial charge in [-0.05, 0) is 36.2 Å². The molecule has 2 aromatic rings. The Labute approximate surface area is 172 Å². The predicted octanol–water partition coefficient (Wildman–Crippen LogP) is 5.45. The van der Waals surface area contributed by atoms with E-state index in [0.29, 0.717) is 17.2 Å². The summed E-state index contributed by atoms with van der Waals surface area (Å²) < 4.78 is 48.9. The maximum absolute atomic E-state index is 12.8. The van der Waals surface area contributed by atoms with E-state index in [0.717, 1.165) is 12.1 Å². The quantitative estimate of drug-likeness (QED) is 0.613. The van der Waals surface area contributed by atoms with Crippen LogP contribution in [0.5, 0.6) is 11.5 Å². The molecular weight excluding hydrogens is 409 g/mol. The summed E-state index contributed by atoms with van der Waals surface area (Å²) in [5.41, 5.74) is -0.193. The molecule has 0 aliphatic rings. The molecular formula is C20H22ClF3N2O3. The van der Waals surface area contributed by atoms with Gasteiger partial charge in [-0.2, -0.15) is 13.2 Å². The number of rotatable bonds is 7. The van der Waals surface area contributed by atoms with Gasteiger partial charge in [-0.25, -0.2) is 0 Å². The Morgan fingerprint density at radius 3 is 2.21 bits per heavy atom. The van der Waals surface area contributed by atoms with Gasteiger partial charge in [0.25, 0.3) is 0 Å². The summed E-state index contributed by atoms with van der Waals surface area (Å²) in [6.07, 6.45) is -4.50. The number of benzene rings is 2. The zero-order valence-electron chi connectivity index (χ0n) is 16.4. The lowest BCUT2D eigenvalue weighted by Crippen LogP contribution is -2.39. The first kappa shape index (κ1) is 22.7. The van der Waals surface area contributed by atoms with Crippen molar-refractivity contribution in [2.75, 3.05) is 24.9 Å². The average molecular weight is 431 g/mol. The van der Waals surface area contributed by atoms with Gasteiger partial charge in [0.1, 0.15) is 17.5 Å². The van der Waals surface area contributed by atoms with E-state index in [4.69, 9.17) is 21.1 Å². The van der Waals surface area contributed by atoms with Gasteiger partial charge >= 0.3 is 6.18 Å². The fourth-order valence-electron chi connectivity index (χ4n) is 2.62. The summed E-state index contributed by atoms with van der Waals surface area (Å²) in [7, 11) is 2.98. The third-order valence-corrected chi connectivity index (χ3v) is 4.54. The molecule has 0 aliphatic carbocycles. The van der Waals surface area contributed by atoms with Crippen LogP contribution >= 0.6 is 11.6 Å². The number of anilines is 2. The number of amides is 1. The minimum Gasteiger partial charge on any atom is -0.497 e. The fraction of sp³-hybridized carbons (Fsp3) is 0.350. The van der Waals surface area contributed by atoms with Gasteiger partial charge in [0.05, 0.1) is 36.2 Å². The van der Waals surface area contributed by atoms with Crippen LogP contribution in [0.1, 0.15) is 19.4 Å². The van der Waals surface area contributed by atoms with E-state index in [9.17, 15) is 18.0 Å². The number of nitrogens with one attached hydrogen (secondary N) is 2. The van der Waals surface area contributed by atoms with E-state index >= 15 is 0 Å². The van der Waals surface area contributed by atoms with Crippen molar-refractivity contribution in [3.63, 3.8) is 0 Å². The van der Waals surface area contributed by atoms with E-state index in [1.165, 1.54) is 20.3 Å². The van der Waals surface area contributed by atoms with Crippen molar-refractivity contribution in [1.82, 2.24) is 0 Å². The van der Waals surface area contributed by atoms with Gasteiger partial charge in [0.15, 0.2) is 0 Å². The zero-order chi connectivity index (χ0) is 21.8. The summed E-state index contributed by atoms with van der Waals surface area (Å²) >= 11 is 6.00. The summed E-state index contributed by atoms with van der Waals surface area (Å²) in [4.78, 5) is 12.8. The lowest BCUT2D eigenvalue weighted by atomic mass is 10.0. The second-order valence-corrected chi connectivity index (χ2v) is 7.02. The number of hydrogen-bond acceptors (Lipinski definition) is 4. The van der Waals surface area contributed by atoms with Crippen LogP contribution in [0.3, 0.4) is 0 Å². The molecule has 158 valence electrons. The lowest BCUT2D eigenvalue weighted by Gasteiger charge is -2.24. The number of ether oxygens (including phenoxy) is 2. The van der Waals surface area contributed by atoms with Crippen molar-refractivity contribution in [2.24, 2.45) is 5.92 Å². The van der Waals surface area contributed by atoms with Gasteiger partial charge in [0, 0.05) is 6.07 Å². The number of alkyl halides is 3. The monoisotopic (exact) mass is 430 g/mol. The van der Waals surface area contributed by atoms with Crippen molar-refractivity contribution in [3.05, 3.63) is 47.0 Å². The van der Waals surface area contributed by atoms with Crippen LogP contribution < -0.4 is 20.1 Å². The summed E-state index contributed by atoms with van der Waals surface area (Å²) in [5.74, 6) is 0.403. The molecule has 0 fully saturated rings. The Kier molecular flexibility index (Phi) is 7.24. The second-order valence-electron chi connectivity index (χ2n) is 6.61. The first-order chi connectivity index (χ1) is 13.6. The van der Waals surface area contributed by atoms with Gasteiger partial charge < -0.3 is 20.1 Å². The maximum atomic E-state index is 12.8. The second kappa shape index (κ2) is 9.26. The van der Waals surface area contributed by atoms with Gasteiger partial charge in [0.2, 0.25) is 5.91 Å². The Balaban J connectivity index is 2.23. The molecule has 0 aromatic heterocycles. The molecule has 0 saturated carbocycles. The Bertz CT molecular complexity index is 873. The summed E-state index contributed by atoms with van der Waals surface area (Å²) in [6, 6.07) is 7.13. The first-order valence-electron chi connectivity index (χ1n) is 8.73. The van der Waals surface area contributed by atoms with Crippen LogP contribution in [0.15, 0.2) is 36.4 Å². The number of methoxy groups -OCH3 is 2. The summed E-state index contributed by atoms with van der Waals surface area (Å²) in [6.45, 7) is 3.61. The molecule has 0 unspecified atom stereocenters. The molecule has 29 heavy (non-hydrogen) atoms.